The Bertz CT molecular complexity index is 1720. The number of anilines is 1. The maximum absolute atomic E-state index is 15.4. The minimum Gasteiger partial charge on any atom is -0.444 e. The Hall–Kier alpha value is -4.16. The normalized spacial score (nSPS) is 20.3. The number of carbonyl (C=O) groups is 2. The molecule has 0 saturated carbocycles. The number of hydrogen-bond donors (Lipinski definition) is 2. The van der Waals surface area contributed by atoms with Crippen molar-refractivity contribution in [3.05, 3.63) is 76.9 Å². The highest BCUT2D eigenvalue weighted by atomic mass is 19.3. The van der Waals surface area contributed by atoms with Gasteiger partial charge in [0.2, 0.25) is 0 Å². The average molecular weight is 645 g/mol. The molecule has 3 aromatic carbocycles. The van der Waals surface area contributed by atoms with E-state index in [4.69, 9.17) is 4.74 Å². The topological polar surface area (TPSA) is 73.9 Å². The van der Waals surface area contributed by atoms with Crippen molar-refractivity contribution in [2.75, 3.05) is 38.5 Å². The lowest BCUT2D eigenvalue weighted by molar-refractivity contribution is -0.0299. The van der Waals surface area contributed by atoms with Crippen LogP contribution in [0.3, 0.4) is 0 Å². The molecule has 2 aliphatic heterocycles. The van der Waals surface area contributed by atoms with E-state index in [9.17, 15) is 9.59 Å². The molecule has 0 spiro atoms. The third-order valence-corrected chi connectivity index (χ3v) is 9.30. The smallest absolute Gasteiger partial charge is 0.410 e. The molecule has 250 valence electrons. The molecule has 2 heterocycles. The predicted molar refractivity (Wildman–Crippen MR) is 183 cm³/mol. The molecule has 2 fully saturated rings. The number of aryl methyl sites for hydroxylation is 1. The van der Waals surface area contributed by atoms with Crippen LogP contribution in [-0.2, 0) is 4.74 Å². The quantitative estimate of drug-likeness (QED) is 0.284. The van der Waals surface area contributed by atoms with Crippen molar-refractivity contribution in [3.8, 4) is 11.8 Å². The largest absolute Gasteiger partial charge is 0.444 e. The van der Waals surface area contributed by atoms with E-state index in [1.54, 1.807) is 50.9 Å². The fourth-order valence-corrected chi connectivity index (χ4v) is 6.32. The minimum atomic E-state index is -3.24. The van der Waals surface area contributed by atoms with Gasteiger partial charge in [0.1, 0.15) is 11.1 Å². The van der Waals surface area contributed by atoms with Gasteiger partial charge < -0.3 is 20.3 Å². The van der Waals surface area contributed by atoms with Crippen LogP contribution in [0.4, 0.5) is 19.3 Å². The molecule has 5 rings (SSSR count). The second-order valence-electron chi connectivity index (χ2n) is 14.2. The fourth-order valence-electron chi connectivity index (χ4n) is 6.32. The molecule has 3 aromatic rings. The standard InChI is InChI=1S/C38H46F2N4O3/c1-25-12-16-29(42-37(6)23-44(24-38(37,39)40)35(46)47-36(3,4)5)22-33(25)34(45)43(7)26(2)30-17-15-28(31-10-8-9-11-32(30)31)14-13-27-18-20-41-21-19-27/h8-12,15-17,22,26-27,41-42H,18-21,23-24H2,1-7H3/t26-,37+/m1/s1. The van der Waals surface area contributed by atoms with E-state index in [-0.39, 0.29) is 18.5 Å². The Morgan fingerprint density at radius 2 is 1.74 bits per heavy atom. The zero-order chi connectivity index (χ0) is 34.1. The Morgan fingerprint density at radius 3 is 2.43 bits per heavy atom. The molecular weight excluding hydrogens is 598 g/mol. The van der Waals surface area contributed by atoms with Gasteiger partial charge in [0.25, 0.3) is 11.8 Å². The molecule has 9 heteroatoms. The number of halogens is 2. The average Bonchev–Trinajstić information content (AvgIpc) is 3.27. The maximum atomic E-state index is 15.4. The number of amides is 2. The van der Waals surface area contributed by atoms with Crippen molar-refractivity contribution >= 4 is 28.5 Å². The second kappa shape index (κ2) is 13.2. The van der Waals surface area contributed by atoms with E-state index in [0.717, 1.165) is 58.3 Å². The first-order valence-corrected chi connectivity index (χ1v) is 16.3. The van der Waals surface area contributed by atoms with Crippen LogP contribution in [0.2, 0.25) is 0 Å². The van der Waals surface area contributed by atoms with Crippen LogP contribution < -0.4 is 10.6 Å². The van der Waals surface area contributed by atoms with Crippen molar-refractivity contribution in [3.63, 3.8) is 0 Å². The summed E-state index contributed by atoms with van der Waals surface area (Å²) < 4.78 is 36.1. The van der Waals surface area contributed by atoms with Crippen LogP contribution in [0.1, 0.15) is 80.6 Å². The highest BCUT2D eigenvalue weighted by Crippen LogP contribution is 2.40. The lowest BCUT2D eigenvalue weighted by atomic mass is 9.93. The Kier molecular flexibility index (Phi) is 9.57. The van der Waals surface area contributed by atoms with Gasteiger partial charge in [0.15, 0.2) is 0 Å². The van der Waals surface area contributed by atoms with Gasteiger partial charge in [-0.1, -0.05) is 48.2 Å². The molecule has 0 radical (unpaired) electrons. The minimum absolute atomic E-state index is 0.226. The Balaban J connectivity index is 1.36. The predicted octanol–water partition coefficient (Wildman–Crippen LogP) is 7.39. The van der Waals surface area contributed by atoms with Crippen LogP contribution in [0.5, 0.6) is 0 Å². The van der Waals surface area contributed by atoms with Crippen molar-refractivity contribution in [1.29, 1.82) is 0 Å². The van der Waals surface area contributed by atoms with Gasteiger partial charge in [-0.15, -0.1) is 0 Å². The number of likely N-dealkylation sites (tertiary alicyclic amines) is 1. The molecule has 2 N–H and O–H groups in total. The molecule has 47 heavy (non-hydrogen) atoms. The number of nitrogens with zero attached hydrogens (tertiary/aromatic N) is 2. The van der Waals surface area contributed by atoms with Gasteiger partial charge in [0, 0.05) is 29.8 Å². The van der Waals surface area contributed by atoms with Crippen LogP contribution in [0, 0.1) is 24.7 Å². The van der Waals surface area contributed by atoms with Gasteiger partial charge in [0.05, 0.1) is 19.1 Å². The highest BCUT2D eigenvalue weighted by molar-refractivity contribution is 5.97. The molecule has 0 bridgehead atoms. The summed E-state index contributed by atoms with van der Waals surface area (Å²) in [7, 11) is 1.76. The number of fused-ring (bicyclic) bond motifs is 1. The first-order valence-electron chi connectivity index (χ1n) is 16.3. The van der Waals surface area contributed by atoms with Crippen LogP contribution >= 0.6 is 0 Å². The summed E-state index contributed by atoms with van der Waals surface area (Å²) in [6.45, 7) is 11.3. The number of benzene rings is 3. The monoisotopic (exact) mass is 644 g/mol. The van der Waals surface area contributed by atoms with E-state index in [0.29, 0.717) is 17.2 Å². The lowest BCUT2D eigenvalue weighted by Gasteiger charge is -2.32. The van der Waals surface area contributed by atoms with Crippen molar-refractivity contribution in [2.45, 2.75) is 77.5 Å². The van der Waals surface area contributed by atoms with E-state index in [1.807, 2.05) is 38.1 Å². The van der Waals surface area contributed by atoms with E-state index < -0.39 is 29.7 Å². The third-order valence-electron chi connectivity index (χ3n) is 9.30. The molecule has 2 amide bonds. The van der Waals surface area contributed by atoms with E-state index in [1.165, 1.54) is 6.92 Å². The summed E-state index contributed by atoms with van der Waals surface area (Å²) in [5, 5.41) is 8.42. The van der Waals surface area contributed by atoms with Crippen molar-refractivity contribution < 1.29 is 23.1 Å². The maximum Gasteiger partial charge on any atom is 0.410 e. The number of nitrogens with one attached hydrogen (secondary N) is 2. The van der Waals surface area contributed by atoms with Crippen LogP contribution in [0.15, 0.2) is 54.6 Å². The van der Waals surface area contributed by atoms with Crippen molar-refractivity contribution in [1.82, 2.24) is 15.1 Å². The highest BCUT2D eigenvalue weighted by Gasteiger charge is 2.59. The number of piperidine rings is 1. The fraction of sp³-hybridized carbons (Fsp3) is 0.474. The zero-order valence-corrected chi connectivity index (χ0v) is 28.5. The molecule has 7 nitrogen and oxygen atoms in total. The summed E-state index contributed by atoms with van der Waals surface area (Å²) in [5.74, 6) is 3.81. The van der Waals surface area contributed by atoms with Gasteiger partial charge >= 0.3 is 6.09 Å². The Labute approximate surface area is 277 Å². The number of alkyl halides is 2. The summed E-state index contributed by atoms with van der Waals surface area (Å²) in [6, 6.07) is 17.0. The second-order valence-corrected chi connectivity index (χ2v) is 14.2. The van der Waals surface area contributed by atoms with E-state index >= 15 is 8.78 Å². The number of rotatable bonds is 5. The first-order chi connectivity index (χ1) is 22.1. The molecule has 0 aromatic heterocycles. The van der Waals surface area contributed by atoms with Gasteiger partial charge in [-0.2, -0.15) is 0 Å². The summed E-state index contributed by atoms with van der Waals surface area (Å²) >= 11 is 0. The number of ether oxygens (including phenoxy) is 1. The molecule has 0 aliphatic carbocycles. The summed E-state index contributed by atoms with van der Waals surface area (Å²) in [5.41, 5.74) is 0.908. The Morgan fingerprint density at radius 1 is 1.06 bits per heavy atom. The molecule has 0 unspecified atom stereocenters. The molecule has 2 atom stereocenters. The van der Waals surface area contributed by atoms with Gasteiger partial charge in [-0.05, 0) is 108 Å². The molecule has 2 aliphatic rings. The van der Waals surface area contributed by atoms with Crippen molar-refractivity contribution in [2.24, 2.45) is 5.92 Å². The molecule has 2 saturated heterocycles. The lowest BCUT2D eigenvalue weighted by Crippen LogP contribution is -2.51. The summed E-state index contributed by atoms with van der Waals surface area (Å²) in [4.78, 5) is 29.3. The SMILES string of the molecule is Cc1ccc(N[C@@]2(C)CN(C(=O)OC(C)(C)C)CC2(F)F)cc1C(=O)N(C)[C@H](C)c1ccc(C#CC2CCNCC2)c2ccccc12. The molecular formula is C38H46F2N4O3. The van der Waals surface area contributed by atoms with Gasteiger partial charge in [-0.25, -0.2) is 13.6 Å². The third kappa shape index (κ3) is 7.38. The van der Waals surface area contributed by atoms with Gasteiger partial charge in [-0.3, -0.25) is 9.69 Å². The van der Waals surface area contributed by atoms with Crippen LogP contribution in [0.25, 0.3) is 10.8 Å². The van der Waals surface area contributed by atoms with Crippen LogP contribution in [-0.4, -0.2) is 72.1 Å². The number of carbonyl (C=O) groups excluding carboxylic acids is 2. The summed E-state index contributed by atoms with van der Waals surface area (Å²) in [6.07, 6.45) is 1.32. The van der Waals surface area contributed by atoms with E-state index in [2.05, 4.69) is 34.6 Å². The number of hydrogen-bond acceptors (Lipinski definition) is 5. The first kappa shape index (κ1) is 34.2. The zero-order valence-electron chi connectivity index (χ0n) is 28.5.